The highest BCUT2D eigenvalue weighted by Crippen LogP contribution is 2.38. The topological polar surface area (TPSA) is 263 Å². The Bertz CT molecular complexity index is 2940. The van der Waals surface area contributed by atoms with Crippen molar-refractivity contribution in [2.24, 2.45) is 23.7 Å². The summed E-state index contributed by atoms with van der Waals surface area (Å²) in [5, 5.41) is 31.9. The number of benzene rings is 4. The van der Waals surface area contributed by atoms with Crippen molar-refractivity contribution in [2.75, 3.05) is 40.3 Å². The summed E-state index contributed by atoms with van der Waals surface area (Å²) in [7, 11) is 3.49. The lowest BCUT2D eigenvalue weighted by atomic mass is 9.78. The molecule has 10 N–H and O–H groups in total. The van der Waals surface area contributed by atoms with Crippen LogP contribution in [0.25, 0.3) is 0 Å². The van der Waals surface area contributed by atoms with E-state index in [4.69, 9.17) is 0 Å². The summed E-state index contributed by atoms with van der Waals surface area (Å²) in [4.78, 5) is 118. The molecule has 4 heterocycles. The van der Waals surface area contributed by atoms with Crippen LogP contribution in [-0.2, 0) is 51.4 Å². The molecule has 4 aliphatic heterocycles. The van der Waals surface area contributed by atoms with Crippen molar-refractivity contribution in [1.29, 1.82) is 0 Å². The molecule has 0 spiro atoms. The summed E-state index contributed by atoms with van der Waals surface area (Å²) < 4.78 is 0. The number of hydrogen-bond donors (Lipinski definition) is 10. The van der Waals surface area contributed by atoms with Gasteiger partial charge in [0.2, 0.25) is 47.3 Å². The third-order valence-corrected chi connectivity index (χ3v) is 21.8. The van der Waals surface area contributed by atoms with Gasteiger partial charge >= 0.3 is 0 Å². The zero-order chi connectivity index (χ0) is 69.2. The van der Waals surface area contributed by atoms with Crippen molar-refractivity contribution >= 4 is 47.3 Å². The summed E-state index contributed by atoms with van der Waals surface area (Å²) in [5.41, 5.74) is 3.66. The summed E-state index contributed by atoms with van der Waals surface area (Å²) >= 11 is 0. The molecule has 1 aliphatic carbocycles. The molecule has 20 nitrogen and oxygen atoms in total. The van der Waals surface area contributed by atoms with Gasteiger partial charge in [-0.2, -0.15) is 0 Å². The van der Waals surface area contributed by atoms with Gasteiger partial charge in [0.1, 0.15) is 36.3 Å². The first-order valence-electron chi connectivity index (χ1n) is 37.1. The molecule has 4 saturated heterocycles. The van der Waals surface area contributed by atoms with Crippen LogP contribution >= 0.6 is 0 Å². The van der Waals surface area contributed by atoms with Gasteiger partial charge in [-0.05, 0) is 163 Å². The second kappa shape index (κ2) is 38.7. The number of carbonyl (C=O) groups is 8. The number of nitrogens with one attached hydrogen (secondary N) is 10. The monoisotopic (exact) mass is 1340 g/mol. The van der Waals surface area contributed by atoms with Crippen LogP contribution in [-0.4, -0.2) is 146 Å². The van der Waals surface area contributed by atoms with E-state index in [-0.39, 0.29) is 71.2 Å². The summed E-state index contributed by atoms with van der Waals surface area (Å²) in [6.45, 7) is 7.54. The minimum absolute atomic E-state index is 0.127. The van der Waals surface area contributed by atoms with Gasteiger partial charge in [0.15, 0.2) is 0 Å². The summed E-state index contributed by atoms with van der Waals surface area (Å²) in [6, 6.07) is 32.6. The van der Waals surface area contributed by atoms with Crippen molar-refractivity contribution in [3.8, 4) is 0 Å². The summed E-state index contributed by atoms with van der Waals surface area (Å²) in [5.74, 6) is -1.26. The maximum atomic E-state index is 14.8. The molecule has 0 bridgehead atoms. The van der Waals surface area contributed by atoms with Gasteiger partial charge < -0.3 is 63.0 Å². The predicted octanol–water partition coefficient (Wildman–Crippen LogP) is 7.95. The lowest BCUT2D eigenvalue weighted by molar-refractivity contribution is -0.144. The molecule has 12 atom stereocenters. The van der Waals surface area contributed by atoms with E-state index >= 15 is 0 Å². The van der Waals surface area contributed by atoms with Crippen LogP contribution in [0.15, 0.2) is 121 Å². The summed E-state index contributed by atoms with van der Waals surface area (Å²) in [6.07, 6.45) is 18.0. The number of rotatable bonds is 36. The smallest absolute Gasteiger partial charge is 0.247 e. The van der Waals surface area contributed by atoms with Crippen molar-refractivity contribution in [3.05, 3.63) is 144 Å². The molecule has 4 aromatic rings. The highest BCUT2D eigenvalue weighted by molar-refractivity contribution is 5.97. The zero-order valence-corrected chi connectivity index (χ0v) is 58.6. The molecular formula is C78H112N12O8. The van der Waals surface area contributed by atoms with E-state index in [0.29, 0.717) is 114 Å². The highest BCUT2D eigenvalue weighted by Gasteiger charge is 2.50. The van der Waals surface area contributed by atoms with Crippen molar-refractivity contribution in [3.63, 3.8) is 0 Å². The second-order valence-corrected chi connectivity index (χ2v) is 28.2. The Kier molecular flexibility index (Phi) is 29.5. The van der Waals surface area contributed by atoms with E-state index in [9.17, 15) is 38.4 Å². The molecule has 98 heavy (non-hydrogen) atoms. The largest absolute Gasteiger partial charge is 0.354 e. The Balaban J connectivity index is 0.699. The van der Waals surface area contributed by atoms with Crippen LogP contribution in [0.1, 0.15) is 189 Å². The van der Waals surface area contributed by atoms with E-state index in [1.807, 2.05) is 111 Å². The maximum Gasteiger partial charge on any atom is 0.247 e. The lowest BCUT2D eigenvalue weighted by Gasteiger charge is -2.33. The first-order valence-corrected chi connectivity index (χ1v) is 37.1. The average molecular weight is 1350 g/mol. The maximum absolute atomic E-state index is 14.8. The van der Waals surface area contributed by atoms with Crippen LogP contribution < -0.4 is 53.2 Å². The quantitative estimate of drug-likeness (QED) is 0.0195. The molecule has 532 valence electrons. The van der Waals surface area contributed by atoms with Gasteiger partial charge in [0, 0.05) is 38.3 Å². The highest BCUT2D eigenvalue weighted by atomic mass is 16.2. The number of amides is 8. The van der Waals surface area contributed by atoms with Crippen LogP contribution in [0, 0.1) is 23.7 Å². The van der Waals surface area contributed by atoms with Crippen LogP contribution in [0.5, 0.6) is 0 Å². The van der Waals surface area contributed by atoms with E-state index in [2.05, 4.69) is 77.4 Å². The molecule has 1 saturated carbocycles. The molecule has 0 radical (unpaired) electrons. The Labute approximate surface area is 582 Å². The fraction of sp³-hybridized carbons (Fsp3) is 0.590. The number of nitrogens with zero attached hydrogens (tertiary/aromatic N) is 2. The molecule has 20 heteroatoms. The van der Waals surface area contributed by atoms with Crippen molar-refractivity contribution in [1.82, 2.24) is 63.0 Å². The Morgan fingerprint density at radius 1 is 0.418 bits per heavy atom. The molecule has 5 aliphatic rings. The fourth-order valence-corrected chi connectivity index (χ4v) is 16.1. The molecule has 0 aromatic heterocycles. The standard InChI is InChI=1S/C78H112N12O8/c1-5-63(79-3)71(91)87-69-59(45-49-81-51-55-25-11-7-12-26-55)37-39-61-41-43-65(89(61)77(69)97)73(93)85-67(57-29-15-9-16-30-57)75(95)83-47-21-19-23-53-33-35-54(36-34-53)24-20-22-48-84-76(96)68(58-31-17-10-18-32-58)86-74(94)66-44-42-62-40-38-60(46-50-82-52-56-27-13-8-14-28-56)70(78(98)90(62)66)88-72(92)64(6-2)80-4/h7-18,25-32,53-54,59-70,79-82H,5-6,19-24,33-52H2,1-4H3,(H,83,95)(H,84,96)(H,85,93)(H,86,94)(H,87,91)(H,88,92)/t53?,54?,59-,60-,61+,62+,63+,64+,65+,66+,67+,68+,69+,70+/m1/s1. The zero-order valence-electron chi connectivity index (χ0n) is 58.6. The van der Waals surface area contributed by atoms with Gasteiger partial charge in [0.05, 0.1) is 12.1 Å². The second-order valence-electron chi connectivity index (χ2n) is 28.2. The number of unbranched alkanes of at least 4 members (excludes halogenated alkanes) is 2. The molecule has 5 fully saturated rings. The molecule has 0 unspecified atom stereocenters. The van der Waals surface area contributed by atoms with Gasteiger partial charge in [-0.3, -0.25) is 38.4 Å². The molecule has 9 rings (SSSR count). The minimum Gasteiger partial charge on any atom is -0.354 e. The third-order valence-electron chi connectivity index (χ3n) is 21.8. The Morgan fingerprint density at radius 2 is 0.776 bits per heavy atom. The number of fused-ring (bicyclic) bond motifs is 2. The van der Waals surface area contributed by atoms with Crippen LogP contribution in [0.4, 0.5) is 0 Å². The van der Waals surface area contributed by atoms with Crippen LogP contribution in [0.2, 0.25) is 0 Å². The third kappa shape index (κ3) is 20.8. The minimum atomic E-state index is -0.951. The molecule has 4 aromatic carbocycles. The van der Waals surface area contributed by atoms with Crippen molar-refractivity contribution < 1.29 is 38.4 Å². The van der Waals surface area contributed by atoms with E-state index in [1.54, 1.807) is 23.9 Å². The van der Waals surface area contributed by atoms with E-state index < -0.39 is 48.3 Å². The average Bonchev–Trinajstić information content (AvgIpc) is 1.63. The van der Waals surface area contributed by atoms with E-state index in [0.717, 1.165) is 89.9 Å². The van der Waals surface area contributed by atoms with Gasteiger partial charge in [-0.15, -0.1) is 0 Å². The first-order chi connectivity index (χ1) is 47.8. The predicted molar refractivity (Wildman–Crippen MR) is 382 cm³/mol. The molecular weight excluding hydrogens is 1230 g/mol. The number of likely N-dealkylation sites (N-methyl/N-ethyl adjacent to an activating group) is 2. The fourth-order valence-electron chi connectivity index (χ4n) is 16.1. The van der Waals surface area contributed by atoms with Crippen molar-refractivity contribution in [2.45, 2.75) is 229 Å². The van der Waals surface area contributed by atoms with Gasteiger partial charge in [-0.25, -0.2) is 0 Å². The normalized spacial score (nSPS) is 24.3. The van der Waals surface area contributed by atoms with E-state index in [1.165, 1.54) is 11.1 Å². The SMILES string of the molecule is CC[C@H](NC)C(=O)N[C@@H]1C(=O)N2[C@@H](CC[C@@H]1CCNCc1ccccc1)CC[C@H]2C(=O)N[C@H](C(=O)NCCCCC1CCC(CCCCNC(=O)[C@@H](NC(=O)[C@@H]2CC[C@@H]3CC[C@H](CCNCc4ccccc4)[C@H](NC(=O)[C@H](CC)NC)C(=O)N32)c2ccccc2)CC1)c1ccccc1. The number of carbonyl (C=O) groups excluding carboxylic acids is 8. The van der Waals surface area contributed by atoms with Gasteiger partial charge in [0.25, 0.3) is 0 Å². The van der Waals surface area contributed by atoms with Gasteiger partial charge in [-0.1, -0.05) is 187 Å². The number of hydrogen-bond acceptors (Lipinski definition) is 12. The first kappa shape index (κ1) is 74.7. The Hall–Kier alpha value is -7.52. The lowest BCUT2D eigenvalue weighted by Crippen LogP contribution is -2.58. The van der Waals surface area contributed by atoms with Crippen LogP contribution in [0.3, 0.4) is 0 Å². The Morgan fingerprint density at radius 3 is 1.13 bits per heavy atom. The molecule has 8 amide bonds.